The number of hydrogen-bond acceptors (Lipinski definition) is 3. The fraction of sp³-hybridized carbons (Fsp3) is 0.438. The van der Waals surface area contributed by atoms with Crippen molar-refractivity contribution >= 4 is 17.7 Å². The van der Waals surface area contributed by atoms with Gasteiger partial charge in [-0.25, -0.2) is 0 Å². The molecular formula is C16H22N2O2. The summed E-state index contributed by atoms with van der Waals surface area (Å²) >= 11 is 0. The summed E-state index contributed by atoms with van der Waals surface area (Å²) in [6.45, 7) is 3.62. The molecule has 4 heteroatoms. The third kappa shape index (κ3) is 3.61. The quantitative estimate of drug-likeness (QED) is 0.679. The van der Waals surface area contributed by atoms with Gasteiger partial charge in [-0.05, 0) is 36.1 Å². The van der Waals surface area contributed by atoms with Crippen LogP contribution < -0.4 is 5.73 Å². The SMILES string of the molecule is COC1CN(C(=O)/C=C/c2cccc(N)c2)CCC1C. The topological polar surface area (TPSA) is 55.6 Å². The van der Waals surface area contributed by atoms with Gasteiger partial charge in [0.1, 0.15) is 0 Å². The molecule has 1 aliphatic heterocycles. The molecule has 1 fully saturated rings. The summed E-state index contributed by atoms with van der Waals surface area (Å²) in [4.78, 5) is 14.0. The first-order valence-corrected chi connectivity index (χ1v) is 6.95. The molecular weight excluding hydrogens is 252 g/mol. The third-order valence-corrected chi connectivity index (χ3v) is 3.83. The number of hydrogen-bond donors (Lipinski definition) is 1. The van der Waals surface area contributed by atoms with Gasteiger partial charge in [0.05, 0.1) is 6.10 Å². The highest BCUT2D eigenvalue weighted by Gasteiger charge is 2.27. The molecule has 0 spiro atoms. The standard InChI is InChI=1S/C16H22N2O2/c1-12-8-9-18(11-15(12)20-2)16(19)7-6-13-4-3-5-14(17)10-13/h3-7,10,12,15H,8-9,11,17H2,1-2H3/b7-6+. The Morgan fingerprint density at radius 1 is 1.50 bits per heavy atom. The number of rotatable bonds is 3. The lowest BCUT2D eigenvalue weighted by molar-refractivity contribution is -0.130. The van der Waals surface area contributed by atoms with Gasteiger partial charge in [0.2, 0.25) is 5.91 Å². The van der Waals surface area contributed by atoms with Crippen molar-refractivity contribution < 1.29 is 9.53 Å². The molecule has 0 bridgehead atoms. The van der Waals surface area contributed by atoms with Crippen LogP contribution >= 0.6 is 0 Å². The van der Waals surface area contributed by atoms with Crippen molar-refractivity contribution in [3.63, 3.8) is 0 Å². The number of ether oxygens (including phenoxy) is 1. The lowest BCUT2D eigenvalue weighted by atomic mass is 9.96. The Kier molecular flexibility index (Phi) is 4.79. The van der Waals surface area contributed by atoms with Crippen LogP contribution in [0.3, 0.4) is 0 Å². The molecule has 2 rings (SSSR count). The van der Waals surface area contributed by atoms with E-state index in [2.05, 4.69) is 6.92 Å². The molecule has 2 N–H and O–H groups in total. The molecule has 0 radical (unpaired) electrons. The number of methoxy groups -OCH3 is 1. The van der Waals surface area contributed by atoms with Crippen LogP contribution in [0.2, 0.25) is 0 Å². The van der Waals surface area contributed by atoms with Crippen molar-refractivity contribution in [2.75, 3.05) is 25.9 Å². The Bertz CT molecular complexity index is 499. The van der Waals surface area contributed by atoms with Gasteiger partial charge in [-0.3, -0.25) is 4.79 Å². The number of carbonyl (C=O) groups is 1. The van der Waals surface area contributed by atoms with Crippen molar-refractivity contribution in [2.45, 2.75) is 19.4 Å². The number of amides is 1. The van der Waals surface area contributed by atoms with Gasteiger partial charge in [-0.1, -0.05) is 19.1 Å². The molecule has 108 valence electrons. The van der Waals surface area contributed by atoms with Gasteiger partial charge in [0.15, 0.2) is 0 Å². The van der Waals surface area contributed by atoms with E-state index < -0.39 is 0 Å². The molecule has 1 saturated heterocycles. The second-order valence-electron chi connectivity index (χ2n) is 5.33. The zero-order chi connectivity index (χ0) is 14.5. The maximum Gasteiger partial charge on any atom is 0.246 e. The number of carbonyl (C=O) groups excluding carboxylic acids is 1. The Morgan fingerprint density at radius 3 is 3.00 bits per heavy atom. The van der Waals surface area contributed by atoms with E-state index >= 15 is 0 Å². The highest BCUT2D eigenvalue weighted by Crippen LogP contribution is 2.19. The molecule has 1 heterocycles. The summed E-state index contributed by atoms with van der Waals surface area (Å²) in [5.74, 6) is 0.531. The zero-order valence-electron chi connectivity index (χ0n) is 12.1. The number of piperidine rings is 1. The lowest BCUT2D eigenvalue weighted by Crippen LogP contribution is -2.46. The fourth-order valence-corrected chi connectivity index (χ4v) is 2.48. The molecule has 0 aliphatic carbocycles. The molecule has 1 aromatic carbocycles. The van der Waals surface area contributed by atoms with Crippen LogP contribution in [0.4, 0.5) is 5.69 Å². The maximum atomic E-state index is 12.2. The van der Waals surface area contributed by atoms with Gasteiger partial charge in [-0.15, -0.1) is 0 Å². The molecule has 20 heavy (non-hydrogen) atoms. The second-order valence-corrected chi connectivity index (χ2v) is 5.33. The molecule has 4 nitrogen and oxygen atoms in total. The highest BCUT2D eigenvalue weighted by atomic mass is 16.5. The van der Waals surface area contributed by atoms with E-state index in [1.807, 2.05) is 29.2 Å². The fourth-order valence-electron chi connectivity index (χ4n) is 2.48. The number of nitrogens with two attached hydrogens (primary N) is 1. The molecule has 2 unspecified atom stereocenters. The van der Waals surface area contributed by atoms with Gasteiger partial charge < -0.3 is 15.4 Å². The minimum absolute atomic E-state index is 0.0291. The summed E-state index contributed by atoms with van der Waals surface area (Å²) in [6, 6.07) is 7.48. The van der Waals surface area contributed by atoms with E-state index in [-0.39, 0.29) is 12.0 Å². The number of anilines is 1. The predicted molar refractivity (Wildman–Crippen MR) is 81.0 cm³/mol. The van der Waals surface area contributed by atoms with Gasteiger partial charge >= 0.3 is 0 Å². The number of nitrogen functional groups attached to an aromatic ring is 1. The Labute approximate surface area is 120 Å². The summed E-state index contributed by atoms with van der Waals surface area (Å²) in [5.41, 5.74) is 7.35. The Balaban J connectivity index is 1.98. The van der Waals surface area contributed by atoms with Crippen molar-refractivity contribution in [3.8, 4) is 0 Å². The summed E-state index contributed by atoms with van der Waals surface area (Å²) < 4.78 is 5.43. The van der Waals surface area contributed by atoms with Gasteiger partial charge in [-0.2, -0.15) is 0 Å². The predicted octanol–water partition coefficient (Wildman–Crippen LogP) is 2.17. The Hall–Kier alpha value is -1.81. The third-order valence-electron chi connectivity index (χ3n) is 3.83. The monoisotopic (exact) mass is 274 g/mol. The van der Waals surface area contributed by atoms with Crippen LogP contribution in [0.15, 0.2) is 30.3 Å². The first-order chi connectivity index (χ1) is 9.60. The minimum Gasteiger partial charge on any atom is -0.399 e. The van der Waals surface area contributed by atoms with Crippen LogP contribution in [0.1, 0.15) is 18.9 Å². The van der Waals surface area contributed by atoms with E-state index in [1.54, 1.807) is 19.3 Å². The smallest absolute Gasteiger partial charge is 0.246 e. The van der Waals surface area contributed by atoms with E-state index in [1.165, 1.54) is 0 Å². The summed E-state index contributed by atoms with van der Waals surface area (Å²) in [7, 11) is 1.71. The van der Waals surface area contributed by atoms with E-state index in [0.29, 0.717) is 18.2 Å². The van der Waals surface area contributed by atoms with Crippen LogP contribution in [0.25, 0.3) is 6.08 Å². The highest BCUT2D eigenvalue weighted by molar-refractivity contribution is 5.92. The average Bonchev–Trinajstić information content (AvgIpc) is 2.45. The van der Waals surface area contributed by atoms with Crippen LogP contribution in [-0.4, -0.2) is 37.1 Å². The van der Waals surface area contributed by atoms with E-state index in [4.69, 9.17) is 10.5 Å². The molecule has 2 atom stereocenters. The van der Waals surface area contributed by atoms with Crippen molar-refractivity contribution in [1.29, 1.82) is 0 Å². The summed E-state index contributed by atoms with van der Waals surface area (Å²) in [5, 5.41) is 0. The van der Waals surface area contributed by atoms with Crippen molar-refractivity contribution in [2.24, 2.45) is 5.92 Å². The largest absolute Gasteiger partial charge is 0.399 e. The maximum absolute atomic E-state index is 12.2. The number of benzene rings is 1. The van der Waals surface area contributed by atoms with E-state index in [9.17, 15) is 4.79 Å². The molecule has 0 saturated carbocycles. The average molecular weight is 274 g/mol. The lowest BCUT2D eigenvalue weighted by Gasteiger charge is -2.35. The first kappa shape index (κ1) is 14.6. The van der Waals surface area contributed by atoms with Crippen LogP contribution in [0, 0.1) is 5.92 Å². The minimum atomic E-state index is 0.0291. The van der Waals surface area contributed by atoms with E-state index in [0.717, 1.165) is 18.5 Å². The molecule has 1 amide bonds. The van der Waals surface area contributed by atoms with Crippen molar-refractivity contribution in [1.82, 2.24) is 4.90 Å². The normalized spacial score (nSPS) is 23.2. The Morgan fingerprint density at radius 2 is 2.30 bits per heavy atom. The van der Waals surface area contributed by atoms with Crippen LogP contribution in [0.5, 0.6) is 0 Å². The first-order valence-electron chi connectivity index (χ1n) is 6.95. The zero-order valence-corrected chi connectivity index (χ0v) is 12.1. The van der Waals surface area contributed by atoms with Gasteiger partial charge in [0, 0.05) is 32.0 Å². The molecule has 0 aromatic heterocycles. The number of likely N-dealkylation sites (tertiary alicyclic amines) is 1. The van der Waals surface area contributed by atoms with Crippen LogP contribution in [-0.2, 0) is 9.53 Å². The second kappa shape index (κ2) is 6.57. The molecule has 1 aromatic rings. The molecule has 1 aliphatic rings. The number of nitrogens with zero attached hydrogens (tertiary/aromatic N) is 1. The van der Waals surface area contributed by atoms with Gasteiger partial charge in [0.25, 0.3) is 0 Å². The summed E-state index contributed by atoms with van der Waals surface area (Å²) in [6.07, 6.45) is 4.53. The van der Waals surface area contributed by atoms with Crippen molar-refractivity contribution in [3.05, 3.63) is 35.9 Å².